The van der Waals surface area contributed by atoms with Gasteiger partial charge in [0.05, 0.1) is 0 Å². The first kappa shape index (κ1) is 16.3. The van der Waals surface area contributed by atoms with Gasteiger partial charge in [0.1, 0.15) is 6.04 Å². The Morgan fingerprint density at radius 3 is 2.79 bits per heavy atom. The van der Waals surface area contributed by atoms with E-state index in [2.05, 4.69) is 17.3 Å². The molecule has 0 radical (unpaired) electrons. The van der Waals surface area contributed by atoms with Gasteiger partial charge in [0.15, 0.2) is 0 Å². The number of carboxylic acid groups (broad SMARTS) is 1. The summed E-state index contributed by atoms with van der Waals surface area (Å²) in [6.07, 6.45) is 4.91. The molecule has 19 heavy (non-hydrogen) atoms. The Morgan fingerprint density at radius 1 is 1.47 bits per heavy atom. The molecule has 1 fully saturated rings. The van der Waals surface area contributed by atoms with Crippen LogP contribution < -0.4 is 5.32 Å². The van der Waals surface area contributed by atoms with E-state index in [9.17, 15) is 9.59 Å². The van der Waals surface area contributed by atoms with Gasteiger partial charge in [-0.05, 0) is 38.6 Å². The average molecular weight is 288 g/mol. The molecule has 0 aromatic heterocycles. The molecule has 5 nitrogen and oxygen atoms in total. The Kier molecular flexibility index (Phi) is 7.23. The summed E-state index contributed by atoms with van der Waals surface area (Å²) in [4.78, 5) is 24.2. The van der Waals surface area contributed by atoms with Gasteiger partial charge in [-0.2, -0.15) is 11.8 Å². The maximum Gasteiger partial charge on any atom is 0.327 e. The Labute approximate surface area is 119 Å². The lowest BCUT2D eigenvalue weighted by Crippen LogP contribution is -2.41. The maximum atomic E-state index is 10.9. The summed E-state index contributed by atoms with van der Waals surface area (Å²) in [6.45, 7) is 2.51. The SMILES string of the molecule is CC(=O)N[C@@H](CSCCC1CCCCN1C)C(=O)O. The smallest absolute Gasteiger partial charge is 0.327 e. The van der Waals surface area contributed by atoms with Crippen LogP contribution in [0.4, 0.5) is 0 Å². The predicted molar refractivity (Wildman–Crippen MR) is 77.5 cm³/mol. The number of thioether (sulfide) groups is 1. The van der Waals surface area contributed by atoms with E-state index < -0.39 is 12.0 Å². The van der Waals surface area contributed by atoms with Gasteiger partial charge in [-0.15, -0.1) is 0 Å². The fourth-order valence-electron chi connectivity index (χ4n) is 2.35. The number of rotatable bonds is 7. The minimum atomic E-state index is -0.961. The zero-order valence-corrected chi connectivity index (χ0v) is 12.5. The van der Waals surface area contributed by atoms with Crippen molar-refractivity contribution in [1.82, 2.24) is 10.2 Å². The molecule has 0 bridgehead atoms. The number of carbonyl (C=O) groups excluding carboxylic acids is 1. The monoisotopic (exact) mass is 288 g/mol. The Balaban J connectivity index is 2.20. The molecule has 6 heteroatoms. The molecule has 1 heterocycles. The molecule has 110 valence electrons. The number of piperidine rings is 1. The second-order valence-corrected chi connectivity index (χ2v) is 6.23. The topological polar surface area (TPSA) is 69.6 Å². The summed E-state index contributed by atoms with van der Waals surface area (Å²) in [5.41, 5.74) is 0. The lowest BCUT2D eigenvalue weighted by molar-refractivity contribution is -0.140. The fourth-order valence-corrected chi connectivity index (χ4v) is 3.42. The Hall–Kier alpha value is -0.750. The highest BCUT2D eigenvalue weighted by molar-refractivity contribution is 7.99. The quantitative estimate of drug-likeness (QED) is 0.689. The molecule has 1 rings (SSSR count). The molecule has 0 aromatic rings. The maximum absolute atomic E-state index is 10.9. The summed E-state index contributed by atoms with van der Waals surface area (Å²) in [7, 11) is 2.16. The highest BCUT2D eigenvalue weighted by Crippen LogP contribution is 2.19. The van der Waals surface area contributed by atoms with Crippen molar-refractivity contribution in [1.29, 1.82) is 0 Å². The number of nitrogens with zero attached hydrogens (tertiary/aromatic N) is 1. The standard InChI is InChI=1S/C13H24N2O3S/c1-10(16)14-12(13(17)18)9-19-8-6-11-5-3-4-7-15(11)2/h11-12H,3-9H2,1-2H3,(H,14,16)(H,17,18)/t11?,12-/m0/s1. The second-order valence-electron chi connectivity index (χ2n) is 5.09. The number of carboxylic acids is 1. The van der Waals surface area contributed by atoms with Crippen LogP contribution in [0, 0.1) is 0 Å². The van der Waals surface area contributed by atoms with E-state index >= 15 is 0 Å². The van der Waals surface area contributed by atoms with Crippen LogP contribution >= 0.6 is 11.8 Å². The first-order valence-electron chi connectivity index (χ1n) is 6.78. The van der Waals surface area contributed by atoms with Gasteiger partial charge in [0.2, 0.25) is 5.91 Å². The van der Waals surface area contributed by atoms with E-state index in [1.54, 1.807) is 11.8 Å². The minimum Gasteiger partial charge on any atom is -0.480 e. The van der Waals surface area contributed by atoms with Gasteiger partial charge in [-0.1, -0.05) is 6.42 Å². The fraction of sp³-hybridized carbons (Fsp3) is 0.846. The normalized spacial score (nSPS) is 21.9. The molecular formula is C13H24N2O3S. The van der Waals surface area contributed by atoms with Gasteiger partial charge in [-0.3, -0.25) is 4.79 Å². The second kappa shape index (κ2) is 8.43. The van der Waals surface area contributed by atoms with Crippen molar-refractivity contribution in [3.05, 3.63) is 0 Å². The third-order valence-corrected chi connectivity index (χ3v) is 4.57. The van der Waals surface area contributed by atoms with Crippen LogP contribution in [0.2, 0.25) is 0 Å². The van der Waals surface area contributed by atoms with Crippen molar-refractivity contribution in [3.63, 3.8) is 0 Å². The number of likely N-dealkylation sites (tertiary alicyclic amines) is 1. The summed E-state index contributed by atoms with van der Waals surface area (Å²) in [6, 6.07) is -0.142. The molecule has 2 N–H and O–H groups in total. The van der Waals surface area contributed by atoms with E-state index in [1.165, 1.54) is 32.7 Å². The molecule has 1 aliphatic rings. The molecule has 1 unspecified atom stereocenters. The van der Waals surface area contributed by atoms with Gasteiger partial charge in [0, 0.05) is 18.7 Å². The number of amides is 1. The average Bonchev–Trinajstić information content (AvgIpc) is 2.34. The molecule has 0 spiro atoms. The van der Waals surface area contributed by atoms with Crippen molar-refractivity contribution < 1.29 is 14.7 Å². The number of carbonyl (C=O) groups is 2. The van der Waals surface area contributed by atoms with Gasteiger partial charge in [0.25, 0.3) is 0 Å². The molecule has 1 saturated heterocycles. The van der Waals surface area contributed by atoms with Crippen molar-refractivity contribution in [2.45, 2.75) is 44.7 Å². The molecule has 0 aromatic carbocycles. The summed E-state index contributed by atoms with van der Waals surface area (Å²) in [5.74, 6) is 0.126. The van der Waals surface area contributed by atoms with Crippen LogP contribution in [0.5, 0.6) is 0 Å². The van der Waals surface area contributed by atoms with Crippen LogP contribution in [0.15, 0.2) is 0 Å². The minimum absolute atomic E-state index is 0.292. The van der Waals surface area contributed by atoms with Crippen LogP contribution in [0.3, 0.4) is 0 Å². The number of hydrogen-bond donors (Lipinski definition) is 2. The molecular weight excluding hydrogens is 264 g/mol. The van der Waals surface area contributed by atoms with Crippen molar-refractivity contribution >= 4 is 23.6 Å². The Morgan fingerprint density at radius 2 is 2.21 bits per heavy atom. The summed E-state index contributed by atoms with van der Waals surface area (Å²) in [5, 5.41) is 11.4. The lowest BCUT2D eigenvalue weighted by Gasteiger charge is -2.32. The largest absolute Gasteiger partial charge is 0.480 e. The number of hydrogen-bond acceptors (Lipinski definition) is 4. The predicted octanol–water partition coefficient (Wildman–Crippen LogP) is 1.18. The first-order valence-corrected chi connectivity index (χ1v) is 7.94. The number of nitrogens with one attached hydrogen (secondary N) is 1. The zero-order chi connectivity index (χ0) is 14.3. The van der Waals surface area contributed by atoms with Crippen LogP contribution in [-0.2, 0) is 9.59 Å². The third kappa shape index (κ3) is 6.29. The van der Waals surface area contributed by atoms with Crippen molar-refractivity contribution in [3.8, 4) is 0 Å². The highest BCUT2D eigenvalue weighted by atomic mass is 32.2. The Bertz CT molecular complexity index is 312. The van der Waals surface area contributed by atoms with Crippen molar-refractivity contribution in [2.75, 3.05) is 25.1 Å². The van der Waals surface area contributed by atoms with Crippen LogP contribution in [0.25, 0.3) is 0 Å². The number of aliphatic carboxylic acids is 1. The summed E-state index contributed by atoms with van der Waals surface area (Å²) < 4.78 is 0. The highest BCUT2D eigenvalue weighted by Gasteiger charge is 2.20. The summed E-state index contributed by atoms with van der Waals surface area (Å²) >= 11 is 1.61. The first-order chi connectivity index (χ1) is 9.00. The molecule has 0 saturated carbocycles. The van der Waals surface area contributed by atoms with Gasteiger partial charge < -0.3 is 15.3 Å². The van der Waals surface area contributed by atoms with Crippen molar-refractivity contribution in [2.24, 2.45) is 0 Å². The van der Waals surface area contributed by atoms with E-state index in [0.717, 1.165) is 12.2 Å². The molecule has 1 amide bonds. The van der Waals surface area contributed by atoms with E-state index in [-0.39, 0.29) is 5.91 Å². The van der Waals surface area contributed by atoms with Gasteiger partial charge >= 0.3 is 5.97 Å². The van der Waals surface area contributed by atoms with E-state index in [0.29, 0.717) is 11.8 Å². The van der Waals surface area contributed by atoms with E-state index in [4.69, 9.17) is 5.11 Å². The molecule has 2 atom stereocenters. The van der Waals surface area contributed by atoms with E-state index in [1.807, 2.05) is 0 Å². The molecule has 1 aliphatic heterocycles. The van der Waals surface area contributed by atoms with Gasteiger partial charge in [-0.25, -0.2) is 4.79 Å². The molecule has 0 aliphatic carbocycles. The van der Waals surface area contributed by atoms with Crippen LogP contribution in [-0.4, -0.2) is 59.1 Å². The van der Waals surface area contributed by atoms with Crippen LogP contribution in [0.1, 0.15) is 32.6 Å². The lowest BCUT2D eigenvalue weighted by atomic mass is 10.0. The zero-order valence-electron chi connectivity index (χ0n) is 11.7. The third-order valence-electron chi connectivity index (χ3n) is 3.48.